The minimum Gasteiger partial charge on any atom is -0.394 e. The molecule has 0 aromatic rings. The Balaban J connectivity index is 2.19. The highest BCUT2D eigenvalue weighted by Crippen LogP contribution is 2.36. The maximum absolute atomic E-state index is 10.1. The van der Waals surface area contributed by atoms with Gasteiger partial charge in [0, 0.05) is 0 Å². The van der Waals surface area contributed by atoms with Gasteiger partial charge in [-0.3, -0.25) is 4.84 Å². The molecule has 12 heteroatoms. The maximum atomic E-state index is 10.1. The van der Waals surface area contributed by atoms with Crippen LogP contribution in [0.1, 0.15) is 0 Å². The molecule has 12 nitrogen and oxygen atoms in total. The van der Waals surface area contributed by atoms with Gasteiger partial charge in [0.2, 0.25) is 11.6 Å². The standard InChI is InChI=1S/C12H23NO11/c13-24-8-6(2-21-11(20,3-15)10(8)19)23-12(4-16)9(18)7(17)5(1-14)22-12/h5-10,14-20H,1-4,13H2/t5?,6?,7-,8-,9+,10+,11-,12+/m1/s1. The van der Waals surface area contributed by atoms with Crippen LogP contribution in [-0.4, -0.2) is 110 Å². The van der Waals surface area contributed by atoms with Gasteiger partial charge in [0.1, 0.15) is 43.2 Å². The van der Waals surface area contributed by atoms with Crippen LogP contribution in [-0.2, 0) is 19.0 Å². The smallest absolute Gasteiger partial charge is 0.222 e. The van der Waals surface area contributed by atoms with Crippen LogP contribution in [0.4, 0.5) is 0 Å². The second-order valence-corrected chi connectivity index (χ2v) is 5.76. The molecule has 0 saturated carbocycles. The van der Waals surface area contributed by atoms with E-state index in [0.717, 1.165) is 0 Å². The first-order valence-electron chi connectivity index (χ1n) is 7.23. The monoisotopic (exact) mass is 357 g/mol. The third kappa shape index (κ3) is 3.16. The molecule has 2 aliphatic rings. The summed E-state index contributed by atoms with van der Waals surface area (Å²) in [7, 11) is 0. The summed E-state index contributed by atoms with van der Waals surface area (Å²) in [5, 5.41) is 67.6. The van der Waals surface area contributed by atoms with Crippen LogP contribution >= 0.6 is 0 Å². The summed E-state index contributed by atoms with van der Waals surface area (Å²) in [6, 6.07) is 0. The lowest BCUT2D eigenvalue weighted by atomic mass is 9.96. The Morgan fingerprint density at radius 3 is 2.21 bits per heavy atom. The van der Waals surface area contributed by atoms with E-state index >= 15 is 0 Å². The zero-order valence-electron chi connectivity index (χ0n) is 12.6. The first-order valence-corrected chi connectivity index (χ1v) is 7.23. The van der Waals surface area contributed by atoms with Gasteiger partial charge in [0.05, 0.1) is 19.8 Å². The van der Waals surface area contributed by atoms with E-state index < -0.39 is 74.6 Å². The van der Waals surface area contributed by atoms with Crippen molar-refractivity contribution in [1.82, 2.24) is 0 Å². The number of hydrogen-bond acceptors (Lipinski definition) is 12. The van der Waals surface area contributed by atoms with Crippen molar-refractivity contribution < 1.29 is 54.8 Å². The molecule has 0 radical (unpaired) electrons. The molecular formula is C12H23NO11. The lowest BCUT2D eigenvalue weighted by Gasteiger charge is -2.45. The Bertz CT molecular complexity index is 428. The third-order valence-corrected chi connectivity index (χ3v) is 4.28. The molecule has 0 bridgehead atoms. The third-order valence-electron chi connectivity index (χ3n) is 4.28. The highest BCUT2D eigenvalue weighted by atomic mass is 16.8. The van der Waals surface area contributed by atoms with Crippen LogP contribution in [0.25, 0.3) is 0 Å². The quantitative estimate of drug-likeness (QED) is 0.210. The predicted octanol–water partition coefficient (Wildman–Crippen LogP) is -5.50. The van der Waals surface area contributed by atoms with E-state index in [0.29, 0.717) is 0 Å². The van der Waals surface area contributed by atoms with Crippen LogP contribution in [0.2, 0.25) is 0 Å². The fraction of sp³-hybridized carbons (Fsp3) is 1.00. The van der Waals surface area contributed by atoms with Crippen molar-refractivity contribution >= 4 is 0 Å². The number of nitrogens with two attached hydrogens (primary N) is 1. The Kier molecular flexibility index (Phi) is 6.12. The van der Waals surface area contributed by atoms with Gasteiger partial charge in [-0.25, -0.2) is 5.90 Å². The van der Waals surface area contributed by atoms with E-state index in [4.69, 9.17) is 30.3 Å². The van der Waals surface area contributed by atoms with Crippen LogP contribution in [0.5, 0.6) is 0 Å². The highest BCUT2D eigenvalue weighted by molar-refractivity contribution is 5.00. The van der Waals surface area contributed by atoms with Crippen LogP contribution < -0.4 is 5.90 Å². The largest absolute Gasteiger partial charge is 0.394 e. The van der Waals surface area contributed by atoms with Gasteiger partial charge < -0.3 is 50.0 Å². The van der Waals surface area contributed by atoms with Gasteiger partial charge in [-0.15, -0.1) is 0 Å². The van der Waals surface area contributed by atoms with Crippen molar-refractivity contribution in [1.29, 1.82) is 0 Å². The van der Waals surface area contributed by atoms with Gasteiger partial charge in [0.25, 0.3) is 0 Å². The summed E-state index contributed by atoms with van der Waals surface area (Å²) in [6.07, 6.45) is -8.96. The summed E-state index contributed by atoms with van der Waals surface area (Å²) in [5.74, 6) is 0.623. The predicted molar refractivity (Wildman–Crippen MR) is 71.7 cm³/mol. The van der Waals surface area contributed by atoms with E-state index in [2.05, 4.69) is 4.84 Å². The van der Waals surface area contributed by atoms with Crippen molar-refractivity contribution in [2.75, 3.05) is 26.4 Å². The van der Waals surface area contributed by atoms with Gasteiger partial charge >= 0.3 is 0 Å². The van der Waals surface area contributed by atoms with E-state index in [-0.39, 0.29) is 0 Å². The molecule has 2 fully saturated rings. The van der Waals surface area contributed by atoms with Crippen molar-refractivity contribution in [2.45, 2.75) is 48.2 Å². The number of hydrogen-bond donors (Lipinski definition) is 8. The van der Waals surface area contributed by atoms with Crippen molar-refractivity contribution in [3.05, 3.63) is 0 Å². The van der Waals surface area contributed by atoms with E-state index in [1.165, 1.54) is 0 Å². The van der Waals surface area contributed by atoms with Gasteiger partial charge in [0.15, 0.2) is 0 Å². The average molecular weight is 357 g/mol. The summed E-state index contributed by atoms with van der Waals surface area (Å²) in [5.41, 5.74) is 0. The molecule has 142 valence electrons. The second kappa shape index (κ2) is 7.41. The summed E-state index contributed by atoms with van der Waals surface area (Å²) >= 11 is 0. The normalized spacial score (nSPS) is 49.5. The molecule has 0 aliphatic carbocycles. The fourth-order valence-electron chi connectivity index (χ4n) is 2.80. The number of rotatable bonds is 6. The van der Waals surface area contributed by atoms with Crippen molar-refractivity contribution in [2.24, 2.45) is 5.90 Å². The fourth-order valence-corrected chi connectivity index (χ4v) is 2.80. The number of aliphatic hydroxyl groups excluding tert-OH is 6. The Morgan fingerprint density at radius 2 is 1.75 bits per heavy atom. The molecule has 9 N–H and O–H groups in total. The summed E-state index contributed by atoms with van der Waals surface area (Å²) in [4.78, 5) is 4.57. The molecule has 2 saturated heterocycles. The molecule has 0 aromatic carbocycles. The van der Waals surface area contributed by atoms with Gasteiger partial charge in [-0.2, -0.15) is 0 Å². The molecule has 2 rings (SSSR count). The van der Waals surface area contributed by atoms with Gasteiger partial charge in [-0.05, 0) is 0 Å². The molecule has 2 heterocycles. The van der Waals surface area contributed by atoms with Crippen LogP contribution in [0.15, 0.2) is 0 Å². The van der Waals surface area contributed by atoms with E-state index in [1.54, 1.807) is 0 Å². The molecule has 2 aliphatic heterocycles. The van der Waals surface area contributed by atoms with Crippen LogP contribution in [0.3, 0.4) is 0 Å². The molecule has 2 unspecified atom stereocenters. The lowest BCUT2D eigenvalue weighted by Crippen LogP contribution is -2.66. The first-order chi connectivity index (χ1) is 11.3. The number of aliphatic hydroxyl groups is 7. The van der Waals surface area contributed by atoms with Crippen molar-refractivity contribution in [3.8, 4) is 0 Å². The maximum Gasteiger partial charge on any atom is 0.222 e. The molecule has 0 aromatic heterocycles. The summed E-state index contributed by atoms with van der Waals surface area (Å²) in [6.45, 7) is -2.95. The Labute approximate surface area is 136 Å². The topological polar surface area (TPSA) is 205 Å². The van der Waals surface area contributed by atoms with E-state index in [1.807, 2.05) is 0 Å². The summed E-state index contributed by atoms with van der Waals surface area (Å²) < 4.78 is 15.6. The molecular weight excluding hydrogens is 334 g/mol. The Morgan fingerprint density at radius 1 is 1.08 bits per heavy atom. The SMILES string of the molecule is NO[C@@H]1C(O[C@]2(CO)OC(CO)[C@@H](O)[C@@H]2O)CO[C@](O)(CO)[C@H]1O. The number of ether oxygens (including phenoxy) is 3. The molecule has 0 amide bonds. The zero-order chi connectivity index (χ0) is 18.1. The molecule has 24 heavy (non-hydrogen) atoms. The second-order valence-electron chi connectivity index (χ2n) is 5.76. The first kappa shape index (κ1) is 19.8. The molecule has 0 spiro atoms. The lowest BCUT2D eigenvalue weighted by molar-refractivity contribution is -0.375. The van der Waals surface area contributed by atoms with Crippen LogP contribution in [0, 0.1) is 0 Å². The zero-order valence-corrected chi connectivity index (χ0v) is 12.6. The molecule has 8 atom stereocenters. The average Bonchev–Trinajstić information content (AvgIpc) is 2.83. The minimum atomic E-state index is -2.33. The van der Waals surface area contributed by atoms with Crippen molar-refractivity contribution in [3.63, 3.8) is 0 Å². The van der Waals surface area contributed by atoms with Gasteiger partial charge in [-0.1, -0.05) is 0 Å². The van der Waals surface area contributed by atoms with E-state index in [9.17, 15) is 25.5 Å². The minimum absolute atomic E-state index is 0.451. The highest BCUT2D eigenvalue weighted by Gasteiger charge is 2.59. The Hall–Kier alpha value is -0.480.